The molecule has 0 unspecified atom stereocenters. The topological polar surface area (TPSA) is 99.8 Å². The molecule has 8 heteroatoms. The lowest BCUT2D eigenvalue weighted by molar-refractivity contribution is 0.489. The van der Waals surface area contributed by atoms with Crippen LogP contribution in [0.5, 0.6) is 0 Å². The van der Waals surface area contributed by atoms with Crippen molar-refractivity contribution < 1.29 is 8.42 Å². The van der Waals surface area contributed by atoms with Crippen LogP contribution in [0.1, 0.15) is 25.1 Å². The van der Waals surface area contributed by atoms with E-state index >= 15 is 0 Å². The summed E-state index contributed by atoms with van der Waals surface area (Å²) in [5.74, 6) is 0.788. The van der Waals surface area contributed by atoms with E-state index in [0.717, 1.165) is 25.3 Å². The van der Waals surface area contributed by atoms with Crippen LogP contribution in [0.15, 0.2) is 6.33 Å². The Hall–Kier alpha value is -0.990. The molecule has 2 rings (SSSR count). The van der Waals surface area contributed by atoms with Gasteiger partial charge in [0.05, 0.1) is 5.25 Å². The minimum atomic E-state index is -3.16. The lowest BCUT2D eigenvalue weighted by atomic mass is 10.2. The molecule has 2 heterocycles. The average molecular weight is 273 g/mol. The maximum atomic E-state index is 12.0. The van der Waals surface area contributed by atoms with Gasteiger partial charge in [-0.05, 0) is 32.4 Å². The van der Waals surface area contributed by atoms with Crippen molar-refractivity contribution in [3.8, 4) is 0 Å². The van der Waals surface area contributed by atoms with Crippen LogP contribution < -0.4 is 10.0 Å². The van der Waals surface area contributed by atoms with Crippen LogP contribution in [-0.4, -0.2) is 48.5 Å². The zero-order chi connectivity index (χ0) is 12.8. The van der Waals surface area contributed by atoms with Crippen molar-refractivity contribution in [1.82, 2.24) is 25.2 Å². The highest BCUT2D eigenvalue weighted by Crippen LogP contribution is 2.11. The molecule has 0 bridgehead atoms. The lowest BCUT2D eigenvalue weighted by Crippen LogP contribution is -2.41. The maximum Gasteiger partial charge on any atom is 0.214 e. The molecule has 1 aromatic heterocycles. The van der Waals surface area contributed by atoms with E-state index in [0.29, 0.717) is 25.8 Å². The summed E-state index contributed by atoms with van der Waals surface area (Å²) in [5, 5.41) is 9.41. The smallest absolute Gasteiger partial charge is 0.214 e. The number of sulfonamides is 1. The Morgan fingerprint density at radius 3 is 2.83 bits per heavy atom. The van der Waals surface area contributed by atoms with Gasteiger partial charge in [-0.1, -0.05) is 0 Å². The standard InChI is InChI=1S/C10H19N5O2S/c16-18(17,9-3-6-11-7-4-9)14-5-1-2-10-12-8-13-15-10/h8-9,11,14H,1-7H2,(H,12,13,15). The van der Waals surface area contributed by atoms with Gasteiger partial charge >= 0.3 is 0 Å². The average Bonchev–Trinajstić information content (AvgIpc) is 2.89. The van der Waals surface area contributed by atoms with Gasteiger partial charge in [0.1, 0.15) is 12.2 Å². The van der Waals surface area contributed by atoms with Gasteiger partial charge < -0.3 is 5.32 Å². The molecule has 7 nitrogen and oxygen atoms in total. The second kappa shape index (κ2) is 6.26. The summed E-state index contributed by atoms with van der Waals surface area (Å²) in [5.41, 5.74) is 0. The number of H-pyrrole nitrogens is 1. The fourth-order valence-corrected chi connectivity index (χ4v) is 3.57. The van der Waals surface area contributed by atoms with Gasteiger partial charge in [-0.2, -0.15) is 5.10 Å². The molecular weight excluding hydrogens is 254 g/mol. The Morgan fingerprint density at radius 2 is 2.17 bits per heavy atom. The Labute approximate surface area is 107 Å². The highest BCUT2D eigenvalue weighted by Gasteiger charge is 2.26. The number of nitrogens with zero attached hydrogens (tertiary/aromatic N) is 2. The third-order valence-corrected chi connectivity index (χ3v) is 5.04. The normalized spacial score (nSPS) is 18.0. The molecule has 0 aromatic carbocycles. The summed E-state index contributed by atoms with van der Waals surface area (Å²) >= 11 is 0. The van der Waals surface area contributed by atoms with Crippen molar-refractivity contribution in [3.63, 3.8) is 0 Å². The third kappa shape index (κ3) is 3.76. The van der Waals surface area contributed by atoms with Crippen LogP contribution in [0.25, 0.3) is 0 Å². The van der Waals surface area contributed by atoms with Gasteiger partial charge in [0, 0.05) is 13.0 Å². The molecule has 0 spiro atoms. The molecule has 18 heavy (non-hydrogen) atoms. The number of aromatic amines is 1. The van der Waals surface area contributed by atoms with Crippen molar-refractivity contribution in [2.24, 2.45) is 0 Å². The van der Waals surface area contributed by atoms with Crippen LogP contribution in [-0.2, 0) is 16.4 Å². The number of piperidine rings is 1. The zero-order valence-corrected chi connectivity index (χ0v) is 11.0. The maximum absolute atomic E-state index is 12.0. The summed E-state index contributed by atoms with van der Waals surface area (Å²) in [6.07, 6.45) is 4.26. The quantitative estimate of drug-likeness (QED) is 0.602. The number of aryl methyl sites for hydroxylation is 1. The largest absolute Gasteiger partial charge is 0.317 e. The zero-order valence-electron chi connectivity index (χ0n) is 10.2. The number of aromatic nitrogens is 3. The highest BCUT2D eigenvalue weighted by molar-refractivity contribution is 7.90. The third-order valence-electron chi connectivity index (χ3n) is 3.08. The monoisotopic (exact) mass is 273 g/mol. The van der Waals surface area contributed by atoms with Crippen molar-refractivity contribution >= 4 is 10.0 Å². The van der Waals surface area contributed by atoms with Gasteiger partial charge in [0.2, 0.25) is 10.0 Å². The second-order valence-corrected chi connectivity index (χ2v) is 6.47. The molecule has 0 saturated carbocycles. The summed E-state index contributed by atoms with van der Waals surface area (Å²) in [7, 11) is -3.16. The molecule has 1 saturated heterocycles. The van der Waals surface area contributed by atoms with E-state index < -0.39 is 10.0 Å². The number of rotatable bonds is 6. The first-order chi connectivity index (χ1) is 8.68. The first-order valence-corrected chi connectivity index (χ1v) is 7.76. The van der Waals surface area contributed by atoms with Gasteiger partial charge in [0.15, 0.2) is 0 Å². The Balaban J connectivity index is 1.71. The molecule has 1 aliphatic rings. The Morgan fingerprint density at radius 1 is 1.39 bits per heavy atom. The molecule has 3 N–H and O–H groups in total. The summed E-state index contributed by atoms with van der Waals surface area (Å²) in [4.78, 5) is 3.99. The fourth-order valence-electron chi connectivity index (χ4n) is 2.05. The van der Waals surface area contributed by atoms with Gasteiger partial charge in [-0.15, -0.1) is 0 Å². The van der Waals surface area contributed by atoms with E-state index in [1.54, 1.807) is 0 Å². The minimum Gasteiger partial charge on any atom is -0.317 e. The van der Waals surface area contributed by atoms with E-state index in [-0.39, 0.29) is 5.25 Å². The van der Waals surface area contributed by atoms with Crippen molar-refractivity contribution in [2.75, 3.05) is 19.6 Å². The van der Waals surface area contributed by atoms with Crippen molar-refractivity contribution in [1.29, 1.82) is 0 Å². The Kier molecular flexibility index (Phi) is 4.67. The van der Waals surface area contributed by atoms with Crippen molar-refractivity contribution in [3.05, 3.63) is 12.2 Å². The number of nitrogens with one attached hydrogen (secondary N) is 3. The molecule has 1 aromatic rings. The van der Waals surface area contributed by atoms with Crippen molar-refractivity contribution in [2.45, 2.75) is 30.9 Å². The van der Waals surface area contributed by atoms with Gasteiger partial charge in [0.25, 0.3) is 0 Å². The summed E-state index contributed by atoms with van der Waals surface area (Å²) in [6, 6.07) is 0. The van der Waals surface area contributed by atoms with E-state index in [1.807, 2.05) is 0 Å². The van der Waals surface area contributed by atoms with E-state index in [4.69, 9.17) is 0 Å². The predicted molar refractivity (Wildman–Crippen MR) is 67.5 cm³/mol. The van der Waals surface area contributed by atoms with Crippen LogP contribution >= 0.6 is 0 Å². The molecule has 0 aliphatic carbocycles. The van der Waals surface area contributed by atoms with Gasteiger partial charge in [-0.25, -0.2) is 18.1 Å². The lowest BCUT2D eigenvalue weighted by Gasteiger charge is -2.22. The highest BCUT2D eigenvalue weighted by atomic mass is 32.2. The SMILES string of the molecule is O=S(=O)(NCCCc1ncn[nH]1)C1CCNCC1. The molecule has 1 aliphatic heterocycles. The molecule has 102 valence electrons. The van der Waals surface area contributed by atoms with Crippen LogP contribution in [0.4, 0.5) is 0 Å². The predicted octanol–water partition coefficient (Wildman–Crippen LogP) is -0.591. The molecule has 0 atom stereocenters. The fraction of sp³-hybridized carbons (Fsp3) is 0.800. The first kappa shape index (κ1) is 13.4. The van der Waals surface area contributed by atoms with Crippen LogP contribution in [0.3, 0.4) is 0 Å². The molecular formula is C10H19N5O2S. The molecule has 0 amide bonds. The van der Waals surface area contributed by atoms with E-state index in [1.165, 1.54) is 6.33 Å². The first-order valence-electron chi connectivity index (χ1n) is 6.22. The molecule has 0 radical (unpaired) electrons. The van der Waals surface area contributed by atoms with E-state index in [9.17, 15) is 8.42 Å². The summed E-state index contributed by atoms with van der Waals surface area (Å²) in [6.45, 7) is 2.01. The van der Waals surface area contributed by atoms with Crippen LogP contribution in [0, 0.1) is 0 Å². The summed E-state index contributed by atoms with van der Waals surface area (Å²) < 4.78 is 26.6. The molecule has 1 fully saturated rings. The number of hydrogen-bond acceptors (Lipinski definition) is 5. The van der Waals surface area contributed by atoms with E-state index in [2.05, 4.69) is 25.2 Å². The Bertz CT molecular complexity index is 439. The minimum absolute atomic E-state index is 0.246. The number of hydrogen-bond donors (Lipinski definition) is 3. The second-order valence-electron chi connectivity index (χ2n) is 4.42. The van der Waals surface area contributed by atoms with Gasteiger partial charge in [-0.3, -0.25) is 5.10 Å². The van der Waals surface area contributed by atoms with Crippen LogP contribution in [0.2, 0.25) is 0 Å².